The fraction of sp³-hybridized carbons (Fsp3) is 0.0536. The number of hydrogen-bond acceptors (Lipinski definition) is 2. The van der Waals surface area contributed by atoms with Gasteiger partial charge in [0.25, 0.3) is 0 Å². The number of fused-ring (bicyclic) bond motifs is 9. The quantitative estimate of drug-likeness (QED) is 0.168. The average Bonchev–Trinajstić information content (AvgIpc) is 3.91. The molecule has 4 nitrogen and oxygen atoms in total. The van der Waals surface area contributed by atoms with E-state index in [0.29, 0.717) is 0 Å². The lowest BCUT2D eigenvalue weighted by atomic mass is 9.82. The molecule has 0 saturated carbocycles. The molecule has 0 amide bonds. The Morgan fingerprint density at radius 1 is 0.467 bits per heavy atom. The van der Waals surface area contributed by atoms with Crippen LogP contribution < -0.4 is 4.90 Å². The molecule has 0 bridgehead atoms. The molecule has 3 aromatic heterocycles. The molecule has 3 heterocycles. The predicted molar refractivity (Wildman–Crippen MR) is 250 cm³/mol. The molecule has 4 heteroatoms. The van der Waals surface area contributed by atoms with Crippen molar-refractivity contribution in [1.82, 2.24) is 14.0 Å². The zero-order valence-electron chi connectivity index (χ0n) is 33.4. The van der Waals surface area contributed by atoms with Crippen molar-refractivity contribution in [3.63, 3.8) is 0 Å². The maximum atomic E-state index is 5.02. The molecular weight excluding hydrogens is 729 g/mol. The van der Waals surface area contributed by atoms with Gasteiger partial charge in [0.1, 0.15) is 5.65 Å². The highest BCUT2D eigenvalue weighted by atomic mass is 15.1. The Labute approximate surface area is 348 Å². The van der Waals surface area contributed by atoms with E-state index in [1.165, 1.54) is 60.9 Å². The summed E-state index contributed by atoms with van der Waals surface area (Å²) in [5, 5.41) is 2.38. The third-order valence-corrected chi connectivity index (χ3v) is 12.7. The summed E-state index contributed by atoms with van der Waals surface area (Å²) in [7, 11) is 0. The number of nitrogens with zero attached hydrogens (tertiary/aromatic N) is 4. The van der Waals surface area contributed by atoms with E-state index in [-0.39, 0.29) is 5.41 Å². The predicted octanol–water partition coefficient (Wildman–Crippen LogP) is 14.7. The van der Waals surface area contributed by atoms with Crippen LogP contribution in [0, 0.1) is 0 Å². The summed E-state index contributed by atoms with van der Waals surface area (Å²) in [6.07, 6.45) is 2.25. The van der Waals surface area contributed by atoms with Crippen molar-refractivity contribution in [3.05, 3.63) is 218 Å². The van der Waals surface area contributed by atoms with Gasteiger partial charge in [0.05, 0.1) is 27.8 Å². The van der Waals surface area contributed by atoms with Gasteiger partial charge in [0.15, 0.2) is 0 Å². The number of pyridine rings is 1. The summed E-state index contributed by atoms with van der Waals surface area (Å²) in [5.41, 5.74) is 19.9. The minimum atomic E-state index is -0.103. The van der Waals surface area contributed by atoms with Gasteiger partial charge < -0.3 is 9.47 Å². The van der Waals surface area contributed by atoms with Crippen LogP contribution in [0.2, 0.25) is 0 Å². The number of imidazole rings is 1. The average molecular weight is 769 g/mol. The monoisotopic (exact) mass is 768 g/mol. The van der Waals surface area contributed by atoms with Crippen molar-refractivity contribution in [2.75, 3.05) is 4.90 Å². The molecule has 284 valence electrons. The van der Waals surface area contributed by atoms with Crippen LogP contribution in [0.3, 0.4) is 0 Å². The number of para-hydroxylation sites is 3. The van der Waals surface area contributed by atoms with Gasteiger partial charge in [0.2, 0.25) is 0 Å². The highest BCUT2D eigenvalue weighted by Crippen LogP contribution is 2.54. The Kier molecular flexibility index (Phi) is 7.54. The summed E-state index contributed by atoms with van der Waals surface area (Å²) < 4.78 is 4.60. The van der Waals surface area contributed by atoms with E-state index in [0.717, 1.165) is 44.8 Å². The minimum absolute atomic E-state index is 0.103. The maximum absolute atomic E-state index is 5.02. The topological polar surface area (TPSA) is 25.5 Å². The van der Waals surface area contributed by atoms with Gasteiger partial charge in [-0.25, -0.2) is 4.98 Å². The second-order valence-electron chi connectivity index (χ2n) is 16.5. The van der Waals surface area contributed by atoms with Crippen molar-refractivity contribution >= 4 is 55.5 Å². The van der Waals surface area contributed by atoms with Gasteiger partial charge in [-0.1, -0.05) is 141 Å². The van der Waals surface area contributed by atoms with Gasteiger partial charge >= 0.3 is 0 Å². The fourth-order valence-electron chi connectivity index (χ4n) is 9.79. The zero-order chi connectivity index (χ0) is 40.0. The molecule has 0 saturated heterocycles. The molecular formula is C56H40N4. The molecule has 0 fully saturated rings. The third-order valence-electron chi connectivity index (χ3n) is 12.7. The number of benzene rings is 8. The van der Waals surface area contributed by atoms with Crippen LogP contribution in [-0.2, 0) is 5.41 Å². The number of anilines is 3. The van der Waals surface area contributed by atoms with Crippen molar-refractivity contribution in [2.45, 2.75) is 19.3 Å². The first kappa shape index (κ1) is 34.4. The lowest BCUT2D eigenvalue weighted by molar-refractivity contribution is 0.660. The lowest BCUT2D eigenvalue weighted by Crippen LogP contribution is -2.16. The van der Waals surface area contributed by atoms with E-state index < -0.39 is 0 Å². The number of aromatic nitrogens is 3. The van der Waals surface area contributed by atoms with Crippen molar-refractivity contribution in [1.29, 1.82) is 0 Å². The molecule has 0 N–H and O–H groups in total. The van der Waals surface area contributed by atoms with Gasteiger partial charge in [-0.05, 0) is 112 Å². The number of hydrogen-bond donors (Lipinski definition) is 0. The normalized spacial score (nSPS) is 13.0. The highest BCUT2D eigenvalue weighted by molar-refractivity contribution is 6.11. The van der Waals surface area contributed by atoms with Crippen LogP contribution in [-0.4, -0.2) is 14.0 Å². The summed E-state index contributed by atoms with van der Waals surface area (Å²) >= 11 is 0. The molecule has 0 radical (unpaired) electrons. The maximum Gasteiger partial charge on any atom is 0.138 e. The molecule has 60 heavy (non-hydrogen) atoms. The van der Waals surface area contributed by atoms with E-state index in [1.54, 1.807) is 0 Å². The van der Waals surface area contributed by atoms with Crippen LogP contribution in [0.1, 0.15) is 25.0 Å². The fourth-order valence-corrected chi connectivity index (χ4v) is 9.79. The smallest absolute Gasteiger partial charge is 0.138 e. The molecule has 0 spiro atoms. The minimum Gasteiger partial charge on any atom is -0.310 e. The first-order valence-corrected chi connectivity index (χ1v) is 20.7. The molecule has 1 aliphatic rings. The molecule has 12 rings (SSSR count). The molecule has 1 aliphatic carbocycles. The van der Waals surface area contributed by atoms with E-state index in [4.69, 9.17) is 4.98 Å². The largest absolute Gasteiger partial charge is 0.310 e. The zero-order valence-corrected chi connectivity index (χ0v) is 33.4. The van der Waals surface area contributed by atoms with Gasteiger partial charge in [0, 0.05) is 45.0 Å². The SMILES string of the molecule is CC1(C)c2ccccc2-c2c(N(c3ccc(-c4ccccc4)cc3)c3ccc(-c4ccc5c(c4)c4cc6nc7ccccc7n6cc4n5-c4ccccc4)cc3)cccc21. The van der Waals surface area contributed by atoms with Crippen LogP contribution in [0.4, 0.5) is 17.1 Å². The Bertz CT molecular complexity index is 3430. The van der Waals surface area contributed by atoms with Gasteiger partial charge in [-0.15, -0.1) is 0 Å². The lowest BCUT2D eigenvalue weighted by Gasteiger charge is -2.29. The van der Waals surface area contributed by atoms with E-state index in [2.05, 4.69) is 234 Å². The Balaban J connectivity index is 1.01. The van der Waals surface area contributed by atoms with Crippen LogP contribution in [0.25, 0.3) is 77.6 Å². The van der Waals surface area contributed by atoms with Gasteiger partial charge in [-0.2, -0.15) is 0 Å². The molecule has 8 aromatic carbocycles. The number of rotatable bonds is 6. The second kappa shape index (κ2) is 13.2. The Hall–Kier alpha value is -7.69. The summed E-state index contributed by atoms with van der Waals surface area (Å²) in [4.78, 5) is 7.46. The second-order valence-corrected chi connectivity index (χ2v) is 16.5. The molecule has 0 atom stereocenters. The Morgan fingerprint density at radius 3 is 1.83 bits per heavy atom. The van der Waals surface area contributed by atoms with Crippen LogP contribution in [0.5, 0.6) is 0 Å². The van der Waals surface area contributed by atoms with Crippen molar-refractivity contribution in [2.24, 2.45) is 0 Å². The van der Waals surface area contributed by atoms with Crippen LogP contribution >= 0.6 is 0 Å². The summed E-state index contributed by atoms with van der Waals surface area (Å²) in [6.45, 7) is 4.70. The van der Waals surface area contributed by atoms with Gasteiger partial charge in [-0.3, -0.25) is 4.40 Å². The van der Waals surface area contributed by atoms with E-state index >= 15 is 0 Å². The summed E-state index contributed by atoms with van der Waals surface area (Å²) in [5.74, 6) is 0. The first-order valence-electron chi connectivity index (χ1n) is 20.7. The third kappa shape index (κ3) is 5.20. The standard InChI is InChI=1S/C56H40N4/c1-56(2)47-19-10-9-18-44(47)55-48(56)20-13-23-52(55)59(42-29-24-38(25-30-42)37-14-5-3-6-15-37)43-31-26-39(27-32-43)40-28-33-50-45(34-40)46-35-54-57-49-21-11-12-22-51(49)58(54)36-53(46)60(50)41-16-7-4-8-17-41/h3-36H,1-2H3. The highest BCUT2D eigenvalue weighted by Gasteiger charge is 2.37. The van der Waals surface area contributed by atoms with E-state index in [9.17, 15) is 0 Å². The molecule has 0 unspecified atom stereocenters. The molecule has 0 aliphatic heterocycles. The van der Waals surface area contributed by atoms with Crippen LogP contribution in [0.15, 0.2) is 206 Å². The van der Waals surface area contributed by atoms with Crippen molar-refractivity contribution in [3.8, 4) is 39.1 Å². The van der Waals surface area contributed by atoms with Crippen molar-refractivity contribution < 1.29 is 0 Å². The van der Waals surface area contributed by atoms with E-state index in [1.807, 2.05) is 0 Å². The first-order chi connectivity index (χ1) is 29.5. The Morgan fingerprint density at radius 2 is 1.07 bits per heavy atom. The molecule has 11 aromatic rings. The summed E-state index contributed by atoms with van der Waals surface area (Å²) in [6, 6.07) is 72.7.